The third kappa shape index (κ3) is 4.44. The van der Waals surface area contributed by atoms with Crippen molar-refractivity contribution in [3.05, 3.63) is 71.9 Å². The summed E-state index contributed by atoms with van der Waals surface area (Å²) in [7, 11) is 1.42. The average Bonchev–Trinajstić information content (AvgIpc) is 3.20. The van der Waals surface area contributed by atoms with Crippen molar-refractivity contribution in [2.75, 3.05) is 7.11 Å². The van der Waals surface area contributed by atoms with E-state index in [0.717, 1.165) is 11.1 Å². The van der Waals surface area contributed by atoms with Gasteiger partial charge in [0.15, 0.2) is 17.4 Å². The molecule has 0 aliphatic heterocycles. The number of benzene rings is 1. The molecule has 134 valence electrons. The molecular formula is C19H19FN4O2. The van der Waals surface area contributed by atoms with E-state index >= 15 is 0 Å². The lowest BCUT2D eigenvalue weighted by Crippen LogP contribution is -2.23. The number of rotatable bonds is 7. The van der Waals surface area contributed by atoms with Gasteiger partial charge >= 0.3 is 0 Å². The lowest BCUT2D eigenvalue weighted by atomic mass is 10.1. The summed E-state index contributed by atoms with van der Waals surface area (Å²) < 4.78 is 20.2. The molecule has 0 saturated carbocycles. The van der Waals surface area contributed by atoms with Gasteiger partial charge in [-0.05, 0) is 47.9 Å². The normalized spacial score (nSPS) is 10.5. The van der Waals surface area contributed by atoms with E-state index in [1.54, 1.807) is 35.4 Å². The van der Waals surface area contributed by atoms with Crippen LogP contribution in [0.25, 0.3) is 5.82 Å². The number of ether oxygens (including phenoxy) is 1. The summed E-state index contributed by atoms with van der Waals surface area (Å²) in [5.41, 5.74) is 1.68. The number of carbonyl (C=O) groups is 1. The van der Waals surface area contributed by atoms with E-state index in [2.05, 4.69) is 15.4 Å². The molecule has 2 aromatic heterocycles. The first kappa shape index (κ1) is 17.6. The van der Waals surface area contributed by atoms with Gasteiger partial charge in [0.25, 0.3) is 0 Å². The topological polar surface area (TPSA) is 69.0 Å². The molecular weight excluding hydrogens is 335 g/mol. The molecule has 0 aliphatic rings. The molecule has 26 heavy (non-hydrogen) atoms. The number of nitrogens with one attached hydrogen (secondary N) is 1. The van der Waals surface area contributed by atoms with E-state index in [1.165, 1.54) is 13.2 Å². The van der Waals surface area contributed by atoms with Crippen LogP contribution in [-0.4, -0.2) is 27.8 Å². The second-order valence-electron chi connectivity index (χ2n) is 5.72. The minimum atomic E-state index is -0.423. The van der Waals surface area contributed by atoms with E-state index in [-0.39, 0.29) is 18.1 Å². The van der Waals surface area contributed by atoms with Gasteiger partial charge in [-0.25, -0.2) is 14.1 Å². The summed E-state index contributed by atoms with van der Waals surface area (Å²) in [5.74, 6) is 0.367. The fourth-order valence-electron chi connectivity index (χ4n) is 2.51. The fourth-order valence-corrected chi connectivity index (χ4v) is 2.51. The Morgan fingerprint density at radius 1 is 1.23 bits per heavy atom. The molecule has 0 spiro atoms. The summed E-state index contributed by atoms with van der Waals surface area (Å²) in [5, 5.41) is 7.00. The van der Waals surface area contributed by atoms with Crippen LogP contribution < -0.4 is 10.1 Å². The molecule has 0 bridgehead atoms. The number of aryl methyl sites for hydroxylation is 1. The predicted molar refractivity (Wildman–Crippen MR) is 94.5 cm³/mol. The number of aromatic nitrogens is 3. The van der Waals surface area contributed by atoms with Gasteiger partial charge in [-0.1, -0.05) is 6.07 Å². The summed E-state index contributed by atoms with van der Waals surface area (Å²) >= 11 is 0. The quantitative estimate of drug-likeness (QED) is 0.708. The van der Waals surface area contributed by atoms with E-state index in [4.69, 9.17) is 4.74 Å². The second kappa shape index (κ2) is 8.24. The number of methoxy groups -OCH3 is 1. The molecule has 0 saturated heterocycles. The Kier molecular flexibility index (Phi) is 5.58. The van der Waals surface area contributed by atoms with Crippen molar-refractivity contribution in [3.63, 3.8) is 0 Å². The van der Waals surface area contributed by atoms with Crippen LogP contribution >= 0.6 is 0 Å². The Hall–Kier alpha value is -3.22. The minimum Gasteiger partial charge on any atom is -0.494 e. The number of pyridine rings is 1. The molecule has 0 fully saturated rings. The Labute approximate surface area is 150 Å². The van der Waals surface area contributed by atoms with Crippen molar-refractivity contribution in [2.24, 2.45) is 0 Å². The SMILES string of the molecule is COc1ccc(CCC(=O)NCc2ccnc(-n3cccn3)c2)cc1F. The van der Waals surface area contributed by atoms with Crippen LogP contribution in [0.2, 0.25) is 0 Å². The number of carbonyl (C=O) groups excluding carboxylic acids is 1. The van der Waals surface area contributed by atoms with Crippen LogP contribution in [-0.2, 0) is 17.8 Å². The van der Waals surface area contributed by atoms with E-state index < -0.39 is 5.82 Å². The minimum absolute atomic E-state index is 0.0984. The molecule has 1 N–H and O–H groups in total. The second-order valence-corrected chi connectivity index (χ2v) is 5.72. The van der Waals surface area contributed by atoms with E-state index in [0.29, 0.717) is 18.8 Å². The zero-order valence-electron chi connectivity index (χ0n) is 14.4. The van der Waals surface area contributed by atoms with E-state index in [9.17, 15) is 9.18 Å². The molecule has 0 aliphatic carbocycles. The van der Waals surface area contributed by atoms with E-state index in [1.807, 2.05) is 18.2 Å². The maximum atomic E-state index is 13.7. The molecule has 2 heterocycles. The van der Waals surface area contributed by atoms with Crippen molar-refractivity contribution in [2.45, 2.75) is 19.4 Å². The number of hydrogen-bond acceptors (Lipinski definition) is 4. The first-order valence-corrected chi connectivity index (χ1v) is 8.20. The van der Waals surface area contributed by atoms with Gasteiger partial charge in [-0.15, -0.1) is 0 Å². The van der Waals surface area contributed by atoms with Crippen molar-refractivity contribution in [1.29, 1.82) is 0 Å². The van der Waals surface area contributed by atoms with Gasteiger partial charge < -0.3 is 10.1 Å². The average molecular weight is 354 g/mol. The van der Waals surface area contributed by atoms with Crippen LogP contribution in [0.4, 0.5) is 4.39 Å². The number of halogens is 1. The van der Waals surface area contributed by atoms with Crippen LogP contribution in [0.5, 0.6) is 5.75 Å². The first-order valence-electron chi connectivity index (χ1n) is 8.20. The summed E-state index contributed by atoms with van der Waals surface area (Å²) in [4.78, 5) is 16.3. The Balaban J connectivity index is 1.51. The van der Waals surface area contributed by atoms with Gasteiger partial charge in [0, 0.05) is 31.6 Å². The highest BCUT2D eigenvalue weighted by molar-refractivity contribution is 5.76. The number of amides is 1. The summed E-state index contributed by atoms with van der Waals surface area (Å²) in [6.07, 6.45) is 5.90. The molecule has 0 unspecified atom stereocenters. The maximum Gasteiger partial charge on any atom is 0.220 e. The largest absolute Gasteiger partial charge is 0.494 e. The highest BCUT2D eigenvalue weighted by atomic mass is 19.1. The van der Waals surface area contributed by atoms with Crippen molar-refractivity contribution in [3.8, 4) is 11.6 Å². The number of nitrogens with zero attached hydrogens (tertiary/aromatic N) is 3. The third-order valence-corrected chi connectivity index (χ3v) is 3.90. The zero-order valence-corrected chi connectivity index (χ0v) is 14.4. The lowest BCUT2D eigenvalue weighted by Gasteiger charge is -2.08. The standard InChI is InChI=1S/C19H19FN4O2/c1-26-17-5-3-14(11-16(17)20)4-6-19(25)22-13-15-7-9-21-18(12-15)24-10-2-8-23-24/h2-3,5,7-12H,4,6,13H2,1H3,(H,22,25). The Morgan fingerprint density at radius 3 is 2.85 bits per heavy atom. The van der Waals surface area contributed by atoms with Crippen molar-refractivity contribution < 1.29 is 13.9 Å². The third-order valence-electron chi connectivity index (χ3n) is 3.90. The van der Waals surface area contributed by atoms with Crippen molar-refractivity contribution in [1.82, 2.24) is 20.1 Å². The number of hydrogen-bond donors (Lipinski definition) is 1. The molecule has 0 radical (unpaired) electrons. The fraction of sp³-hybridized carbons (Fsp3) is 0.211. The Bertz CT molecular complexity index is 881. The van der Waals surface area contributed by atoms with Crippen LogP contribution in [0.3, 0.4) is 0 Å². The highest BCUT2D eigenvalue weighted by Crippen LogP contribution is 2.18. The summed E-state index contributed by atoms with van der Waals surface area (Å²) in [6.45, 7) is 0.395. The first-order chi connectivity index (χ1) is 12.7. The van der Waals surface area contributed by atoms with Crippen LogP contribution in [0, 0.1) is 5.82 Å². The highest BCUT2D eigenvalue weighted by Gasteiger charge is 2.07. The molecule has 0 atom stereocenters. The van der Waals surface area contributed by atoms with Gasteiger partial charge in [0.2, 0.25) is 5.91 Å². The molecule has 3 aromatic rings. The van der Waals surface area contributed by atoms with Crippen LogP contribution in [0.1, 0.15) is 17.5 Å². The van der Waals surface area contributed by atoms with Gasteiger partial charge in [0.05, 0.1) is 7.11 Å². The maximum absolute atomic E-state index is 13.7. The smallest absolute Gasteiger partial charge is 0.220 e. The molecule has 1 amide bonds. The van der Waals surface area contributed by atoms with Gasteiger partial charge in [0.1, 0.15) is 0 Å². The lowest BCUT2D eigenvalue weighted by molar-refractivity contribution is -0.121. The summed E-state index contributed by atoms with van der Waals surface area (Å²) in [6, 6.07) is 10.2. The molecule has 6 nitrogen and oxygen atoms in total. The van der Waals surface area contributed by atoms with Crippen molar-refractivity contribution >= 4 is 5.91 Å². The van der Waals surface area contributed by atoms with Gasteiger partial charge in [-0.3, -0.25) is 4.79 Å². The predicted octanol–water partition coefficient (Wildman–Crippen LogP) is 2.66. The molecule has 7 heteroatoms. The molecule has 3 rings (SSSR count). The van der Waals surface area contributed by atoms with Gasteiger partial charge in [-0.2, -0.15) is 5.10 Å². The zero-order chi connectivity index (χ0) is 18.4. The monoisotopic (exact) mass is 354 g/mol. The van der Waals surface area contributed by atoms with Crippen LogP contribution in [0.15, 0.2) is 55.0 Å². The molecule has 1 aromatic carbocycles. The Morgan fingerprint density at radius 2 is 2.12 bits per heavy atom.